The van der Waals surface area contributed by atoms with Crippen LogP contribution in [-0.2, 0) is 6.42 Å². The summed E-state index contributed by atoms with van der Waals surface area (Å²) in [6.45, 7) is 3.98. The number of hydrogen-bond acceptors (Lipinski definition) is 5. The van der Waals surface area contributed by atoms with Crippen molar-refractivity contribution < 1.29 is 9.15 Å². The zero-order valence-corrected chi connectivity index (χ0v) is 13.2. The molecule has 2 aromatic rings. The molecule has 0 fully saturated rings. The third-order valence-electron chi connectivity index (χ3n) is 2.81. The zero-order valence-electron chi connectivity index (χ0n) is 11.6. The van der Waals surface area contributed by atoms with Gasteiger partial charge in [0.2, 0.25) is 11.8 Å². The van der Waals surface area contributed by atoms with E-state index in [9.17, 15) is 0 Å². The van der Waals surface area contributed by atoms with E-state index in [4.69, 9.17) is 9.15 Å². The monoisotopic (exact) mass is 339 g/mol. The second kappa shape index (κ2) is 7.40. The molecule has 0 amide bonds. The second-order valence-electron chi connectivity index (χ2n) is 4.35. The Morgan fingerprint density at radius 2 is 2.15 bits per heavy atom. The maximum atomic E-state index is 5.68. The van der Waals surface area contributed by atoms with Crippen molar-refractivity contribution in [2.45, 2.75) is 19.8 Å². The van der Waals surface area contributed by atoms with Crippen LogP contribution in [-0.4, -0.2) is 30.4 Å². The summed E-state index contributed by atoms with van der Waals surface area (Å²) in [6.07, 6.45) is 1.85. The third-order valence-corrected chi connectivity index (χ3v) is 3.50. The quantitative estimate of drug-likeness (QED) is 0.785. The van der Waals surface area contributed by atoms with Crippen molar-refractivity contribution in [3.05, 3.63) is 28.6 Å². The van der Waals surface area contributed by atoms with Gasteiger partial charge in [0.05, 0.1) is 12.7 Å². The molecule has 1 aromatic carbocycles. The molecular weight excluding hydrogens is 322 g/mol. The van der Waals surface area contributed by atoms with Gasteiger partial charge < -0.3 is 14.5 Å². The van der Waals surface area contributed by atoms with Gasteiger partial charge in [0, 0.05) is 17.4 Å². The smallest absolute Gasteiger partial charge is 0.249 e. The van der Waals surface area contributed by atoms with Crippen LogP contribution >= 0.6 is 15.9 Å². The highest BCUT2D eigenvalue weighted by Crippen LogP contribution is 2.30. The molecule has 1 heterocycles. The van der Waals surface area contributed by atoms with Crippen molar-refractivity contribution in [1.29, 1.82) is 0 Å². The van der Waals surface area contributed by atoms with Crippen LogP contribution in [0.1, 0.15) is 19.2 Å². The van der Waals surface area contributed by atoms with Crippen LogP contribution in [0.5, 0.6) is 5.75 Å². The Morgan fingerprint density at radius 1 is 1.30 bits per heavy atom. The zero-order chi connectivity index (χ0) is 14.4. The van der Waals surface area contributed by atoms with Crippen LogP contribution in [0, 0.1) is 0 Å². The molecule has 0 aliphatic heterocycles. The number of rotatable bonds is 7. The summed E-state index contributed by atoms with van der Waals surface area (Å²) < 4.78 is 11.8. The molecule has 0 spiro atoms. The molecular formula is C14H18BrN3O2. The van der Waals surface area contributed by atoms with Crippen LogP contribution < -0.4 is 10.1 Å². The lowest BCUT2D eigenvalue weighted by Crippen LogP contribution is -2.17. The minimum absolute atomic E-state index is 0.501. The molecule has 108 valence electrons. The van der Waals surface area contributed by atoms with E-state index in [1.165, 1.54) is 0 Å². The first-order chi connectivity index (χ1) is 9.74. The number of aromatic nitrogens is 2. The van der Waals surface area contributed by atoms with Crippen molar-refractivity contribution in [2.75, 3.05) is 20.2 Å². The van der Waals surface area contributed by atoms with E-state index in [1.54, 1.807) is 7.11 Å². The van der Waals surface area contributed by atoms with E-state index in [0.717, 1.165) is 41.7 Å². The number of nitrogens with one attached hydrogen (secondary N) is 1. The number of nitrogens with zero attached hydrogens (tertiary/aromatic N) is 2. The lowest BCUT2D eigenvalue weighted by Gasteiger charge is -2.03. The Morgan fingerprint density at radius 3 is 2.90 bits per heavy atom. The number of hydrogen-bond donors (Lipinski definition) is 1. The van der Waals surface area contributed by atoms with E-state index < -0.39 is 0 Å². The van der Waals surface area contributed by atoms with E-state index in [2.05, 4.69) is 38.4 Å². The van der Waals surface area contributed by atoms with Gasteiger partial charge in [-0.3, -0.25) is 0 Å². The summed E-state index contributed by atoms with van der Waals surface area (Å²) in [5, 5.41) is 11.5. The maximum absolute atomic E-state index is 5.68. The predicted octanol–water partition coefficient (Wildman–Crippen LogP) is 3.05. The number of benzene rings is 1. The lowest BCUT2D eigenvalue weighted by molar-refractivity contribution is 0.414. The summed E-state index contributed by atoms with van der Waals surface area (Å²) in [7, 11) is 1.63. The fourth-order valence-corrected chi connectivity index (χ4v) is 2.17. The predicted molar refractivity (Wildman–Crippen MR) is 80.9 cm³/mol. The summed E-state index contributed by atoms with van der Waals surface area (Å²) in [5.74, 6) is 1.90. The van der Waals surface area contributed by atoms with Gasteiger partial charge in [0.25, 0.3) is 0 Å². The highest BCUT2D eigenvalue weighted by atomic mass is 79.9. The summed E-state index contributed by atoms with van der Waals surface area (Å²) in [6, 6.07) is 5.65. The standard InChI is InChI=1S/C14H18BrN3O2/c1-3-7-16-8-6-13-17-18-14(20-13)11-9-10(19-2)4-5-12(11)15/h4-5,9,16H,3,6-8H2,1-2H3. The molecule has 0 aliphatic carbocycles. The summed E-state index contributed by atoms with van der Waals surface area (Å²) in [4.78, 5) is 0. The Kier molecular flexibility index (Phi) is 5.55. The first-order valence-corrected chi connectivity index (χ1v) is 7.41. The van der Waals surface area contributed by atoms with Crippen molar-refractivity contribution in [3.63, 3.8) is 0 Å². The van der Waals surface area contributed by atoms with Gasteiger partial charge in [-0.1, -0.05) is 6.92 Å². The largest absolute Gasteiger partial charge is 0.497 e. The molecule has 20 heavy (non-hydrogen) atoms. The number of ether oxygens (including phenoxy) is 1. The fourth-order valence-electron chi connectivity index (χ4n) is 1.76. The highest BCUT2D eigenvalue weighted by molar-refractivity contribution is 9.10. The Hall–Kier alpha value is -1.40. The number of halogens is 1. The summed E-state index contributed by atoms with van der Waals surface area (Å²) >= 11 is 3.48. The molecule has 0 radical (unpaired) electrons. The van der Waals surface area contributed by atoms with Crippen LogP contribution in [0.4, 0.5) is 0 Å². The van der Waals surface area contributed by atoms with Gasteiger partial charge in [-0.25, -0.2) is 0 Å². The minimum atomic E-state index is 0.501. The van der Waals surface area contributed by atoms with Gasteiger partial charge in [0.15, 0.2) is 0 Å². The summed E-state index contributed by atoms with van der Waals surface area (Å²) in [5.41, 5.74) is 0.838. The molecule has 1 aromatic heterocycles. The van der Waals surface area contributed by atoms with Crippen molar-refractivity contribution >= 4 is 15.9 Å². The first-order valence-electron chi connectivity index (χ1n) is 6.61. The number of methoxy groups -OCH3 is 1. The Labute approximate surface area is 126 Å². The van der Waals surface area contributed by atoms with Gasteiger partial charge in [-0.15, -0.1) is 10.2 Å². The molecule has 0 saturated heterocycles. The van der Waals surface area contributed by atoms with Crippen LogP contribution in [0.3, 0.4) is 0 Å². The Balaban J connectivity index is 2.08. The molecule has 0 bridgehead atoms. The van der Waals surface area contributed by atoms with Crippen LogP contribution in [0.2, 0.25) is 0 Å². The SMILES string of the molecule is CCCNCCc1nnc(-c2cc(OC)ccc2Br)o1. The topological polar surface area (TPSA) is 60.2 Å². The third kappa shape index (κ3) is 3.80. The lowest BCUT2D eigenvalue weighted by atomic mass is 10.2. The molecule has 1 N–H and O–H groups in total. The molecule has 2 rings (SSSR count). The second-order valence-corrected chi connectivity index (χ2v) is 5.20. The molecule has 0 unspecified atom stereocenters. The van der Waals surface area contributed by atoms with Gasteiger partial charge in [-0.05, 0) is 47.1 Å². The Bertz CT molecular complexity index is 557. The maximum Gasteiger partial charge on any atom is 0.249 e. The molecule has 5 nitrogen and oxygen atoms in total. The highest BCUT2D eigenvalue weighted by Gasteiger charge is 2.12. The van der Waals surface area contributed by atoms with E-state index in [0.29, 0.717) is 11.8 Å². The van der Waals surface area contributed by atoms with Crippen molar-refractivity contribution in [2.24, 2.45) is 0 Å². The van der Waals surface area contributed by atoms with Crippen LogP contribution in [0.15, 0.2) is 27.1 Å². The van der Waals surface area contributed by atoms with Crippen molar-refractivity contribution in [3.8, 4) is 17.2 Å². The minimum Gasteiger partial charge on any atom is -0.497 e. The van der Waals surface area contributed by atoms with Gasteiger partial charge in [-0.2, -0.15) is 0 Å². The molecule has 0 saturated carbocycles. The average molecular weight is 340 g/mol. The van der Waals surface area contributed by atoms with E-state index in [1.807, 2.05) is 18.2 Å². The van der Waals surface area contributed by atoms with Crippen molar-refractivity contribution in [1.82, 2.24) is 15.5 Å². The van der Waals surface area contributed by atoms with E-state index >= 15 is 0 Å². The first kappa shape index (κ1) is 15.0. The fraction of sp³-hybridized carbons (Fsp3) is 0.429. The normalized spacial score (nSPS) is 10.8. The molecule has 6 heteroatoms. The molecule has 0 atom stereocenters. The van der Waals surface area contributed by atoms with E-state index in [-0.39, 0.29) is 0 Å². The van der Waals surface area contributed by atoms with Gasteiger partial charge in [0.1, 0.15) is 5.75 Å². The van der Waals surface area contributed by atoms with Gasteiger partial charge >= 0.3 is 0 Å². The van der Waals surface area contributed by atoms with Crippen LogP contribution in [0.25, 0.3) is 11.5 Å². The average Bonchev–Trinajstić information content (AvgIpc) is 2.93. The molecule has 0 aliphatic rings.